The monoisotopic (exact) mass is 435 g/mol. The lowest BCUT2D eigenvalue weighted by Gasteiger charge is -2.09. The largest absolute Gasteiger partial charge is 0.460 e. The average Bonchev–Trinajstić information content (AvgIpc) is 3.00. The molecule has 0 aliphatic rings. The number of aromatic amines is 1. The Morgan fingerprint density at radius 1 is 1.13 bits per heavy atom. The third kappa shape index (κ3) is 5.61. The Kier molecular flexibility index (Phi) is 8.44. The third-order valence-electron chi connectivity index (χ3n) is 4.40. The summed E-state index contributed by atoms with van der Waals surface area (Å²) in [6.07, 6.45) is 0.814. The number of hydrogen-bond acceptors (Lipinski definition) is 5. The van der Waals surface area contributed by atoms with E-state index in [0.29, 0.717) is 34.6 Å². The summed E-state index contributed by atoms with van der Waals surface area (Å²) in [4.78, 5) is 40.0. The van der Waals surface area contributed by atoms with Crippen LogP contribution >= 0.6 is 11.6 Å². The molecule has 0 radical (unpaired) electrons. The number of aryl methyl sites for hydroxylation is 1. The molecule has 2 aromatic rings. The number of methoxy groups -OCH3 is 1. The Bertz CT molecular complexity index is 939. The number of carbonyl (C=O) groups excluding carboxylic acids is 3. The Morgan fingerprint density at radius 2 is 1.87 bits per heavy atom. The Balaban J connectivity index is 2.15. The zero-order chi connectivity index (χ0) is 22.3. The Hall–Kier alpha value is -2.84. The molecule has 0 bridgehead atoms. The molecule has 0 saturated heterocycles. The highest BCUT2D eigenvalue weighted by molar-refractivity contribution is 6.34. The summed E-state index contributed by atoms with van der Waals surface area (Å²) >= 11 is 6.20. The number of rotatable bonds is 9. The standard InChI is InChI=1S/C21H26ClN3O5/c1-5-8-23-19(26)15-7-6-14(11-16(15)22)25-20(27)18-12(2)17(13(3)24-18)21(28)30-10-9-29-4/h6-7,11,24H,5,8-10H2,1-4H3,(H,23,26)(H,25,27). The number of benzene rings is 1. The first-order chi connectivity index (χ1) is 14.3. The maximum atomic E-state index is 12.7. The first-order valence-electron chi connectivity index (χ1n) is 9.54. The summed E-state index contributed by atoms with van der Waals surface area (Å²) in [6, 6.07) is 4.65. The summed E-state index contributed by atoms with van der Waals surface area (Å²) < 4.78 is 10.0. The molecule has 162 valence electrons. The van der Waals surface area contributed by atoms with Gasteiger partial charge in [-0.25, -0.2) is 4.79 Å². The molecule has 0 saturated carbocycles. The molecule has 0 aliphatic heterocycles. The number of amides is 2. The van der Waals surface area contributed by atoms with Gasteiger partial charge >= 0.3 is 5.97 Å². The number of ether oxygens (including phenoxy) is 2. The summed E-state index contributed by atoms with van der Waals surface area (Å²) in [5, 5.41) is 5.70. The van der Waals surface area contributed by atoms with Crippen molar-refractivity contribution in [2.45, 2.75) is 27.2 Å². The molecule has 8 nitrogen and oxygen atoms in total. The molecule has 0 spiro atoms. The van der Waals surface area contributed by atoms with Crippen molar-refractivity contribution in [2.24, 2.45) is 0 Å². The predicted molar refractivity (Wildman–Crippen MR) is 114 cm³/mol. The smallest absolute Gasteiger partial charge is 0.340 e. The van der Waals surface area contributed by atoms with E-state index in [-0.39, 0.29) is 29.8 Å². The molecule has 0 fully saturated rings. The average molecular weight is 436 g/mol. The first-order valence-corrected chi connectivity index (χ1v) is 9.92. The van der Waals surface area contributed by atoms with E-state index in [0.717, 1.165) is 6.42 Å². The Labute approximate surface area is 180 Å². The van der Waals surface area contributed by atoms with E-state index in [4.69, 9.17) is 21.1 Å². The fraction of sp³-hybridized carbons (Fsp3) is 0.381. The third-order valence-corrected chi connectivity index (χ3v) is 4.71. The molecule has 1 aromatic carbocycles. The van der Waals surface area contributed by atoms with Crippen LogP contribution in [0.4, 0.5) is 5.69 Å². The van der Waals surface area contributed by atoms with Crippen molar-refractivity contribution in [3.8, 4) is 0 Å². The second-order valence-electron chi connectivity index (χ2n) is 6.66. The summed E-state index contributed by atoms with van der Waals surface area (Å²) in [7, 11) is 1.51. The van der Waals surface area contributed by atoms with Crippen LogP contribution in [-0.2, 0) is 9.47 Å². The van der Waals surface area contributed by atoms with Gasteiger partial charge in [-0.3, -0.25) is 9.59 Å². The van der Waals surface area contributed by atoms with Crippen molar-refractivity contribution in [3.63, 3.8) is 0 Å². The normalized spacial score (nSPS) is 10.6. The van der Waals surface area contributed by atoms with Crippen LogP contribution in [0.15, 0.2) is 18.2 Å². The van der Waals surface area contributed by atoms with E-state index < -0.39 is 11.9 Å². The maximum absolute atomic E-state index is 12.7. The fourth-order valence-corrected chi connectivity index (χ4v) is 3.14. The molecule has 2 rings (SSSR count). The number of nitrogens with one attached hydrogen (secondary N) is 3. The quantitative estimate of drug-likeness (QED) is 0.412. The van der Waals surface area contributed by atoms with E-state index in [1.807, 2.05) is 6.92 Å². The van der Waals surface area contributed by atoms with Gasteiger partial charge in [0.05, 0.1) is 22.8 Å². The first kappa shape index (κ1) is 23.4. The molecule has 2 amide bonds. The minimum atomic E-state index is -0.525. The minimum absolute atomic E-state index is 0.123. The molecule has 0 atom stereocenters. The van der Waals surface area contributed by atoms with Gasteiger partial charge in [-0.05, 0) is 44.0 Å². The number of halogens is 1. The predicted octanol–water partition coefficient (Wildman–Crippen LogP) is 3.48. The lowest BCUT2D eigenvalue weighted by molar-refractivity contribution is 0.0386. The molecule has 1 aromatic heterocycles. The van der Waals surface area contributed by atoms with Gasteiger partial charge < -0.3 is 25.1 Å². The molecule has 9 heteroatoms. The molecular formula is C21H26ClN3O5. The maximum Gasteiger partial charge on any atom is 0.340 e. The molecule has 30 heavy (non-hydrogen) atoms. The van der Waals surface area contributed by atoms with Crippen LogP contribution in [0.3, 0.4) is 0 Å². The number of carbonyl (C=O) groups is 3. The molecule has 0 aliphatic carbocycles. The van der Waals surface area contributed by atoms with Crippen LogP contribution in [0.1, 0.15) is 55.8 Å². The summed E-state index contributed by atoms with van der Waals surface area (Å²) in [5.41, 5.74) is 2.32. The van der Waals surface area contributed by atoms with Gasteiger partial charge in [0.1, 0.15) is 12.3 Å². The molecule has 3 N–H and O–H groups in total. The number of anilines is 1. The number of esters is 1. The van der Waals surface area contributed by atoms with Crippen molar-refractivity contribution in [2.75, 3.05) is 32.2 Å². The zero-order valence-electron chi connectivity index (χ0n) is 17.5. The van der Waals surface area contributed by atoms with Crippen molar-refractivity contribution < 1.29 is 23.9 Å². The van der Waals surface area contributed by atoms with Crippen LogP contribution in [0.5, 0.6) is 0 Å². The molecule has 0 unspecified atom stereocenters. The van der Waals surface area contributed by atoms with Crippen molar-refractivity contribution in [1.29, 1.82) is 0 Å². The van der Waals surface area contributed by atoms with Crippen LogP contribution in [0.2, 0.25) is 5.02 Å². The van der Waals surface area contributed by atoms with Crippen molar-refractivity contribution in [1.82, 2.24) is 10.3 Å². The van der Waals surface area contributed by atoms with Gasteiger partial charge in [0.25, 0.3) is 11.8 Å². The molecule has 1 heterocycles. The van der Waals surface area contributed by atoms with E-state index >= 15 is 0 Å². The van der Waals surface area contributed by atoms with Gasteiger partial charge in [-0.2, -0.15) is 0 Å². The lowest BCUT2D eigenvalue weighted by atomic mass is 10.1. The number of hydrogen-bond donors (Lipinski definition) is 3. The highest BCUT2D eigenvalue weighted by Crippen LogP contribution is 2.23. The van der Waals surface area contributed by atoms with Crippen LogP contribution in [0, 0.1) is 13.8 Å². The SMILES string of the molecule is CCCNC(=O)c1ccc(NC(=O)c2[nH]c(C)c(C(=O)OCCOC)c2C)cc1Cl. The number of H-pyrrole nitrogens is 1. The summed E-state index contributed by atoms with van der Waals surface area (Å²) in [6.45, 7) is 6.27. The molecular weight excluding hydrogens is 410 g/mol. The Morgan fingerprint density at radius 3 is 2.50 bits per heavy atom. The van der Waals surface area contributed by atoms with Gasteiger partial charge in [0.2, 0.25) is 0 Å². The van der Waals surface area contributed by atoms with Crippen LogP contribution in [-0.4, -0.2) is 49.6 Å². The van der Waals surface area contributed by atoms with Crippen molar-refractivity contribution in [3.05, 3.63) is 51.3 Å². The van der Waals surface area contributed by atoms with E-state index in [9.17, 15) is 14.4 Å². The van der Waals surface area contributed by atoms with Crippen molar-refractivity contribution >= 4 is 35.1 Å². The highest BCUT2D eigenvalue weighted by atomic mass is 35.5. The fourth-order valence-electron chi connectivity index (χ4n) is 2.88. The van der Waals surface area contributed by atoms with Gasteiger partial charge in [-0.1, -0.05) is 18.5 Å². The zero-order valence-corrected chi connectivity index (χ0v) is 18.2. The van der Waals surface area contributed by atoms with Gasteiger partial charge in [0, 0.05) is 25.0 Å². The lowest BCUT2D eigenvalue weighted by Crippen LogP contribution is -2.24. The second-order valence-corrected chi connectivity index (χ2v) is 7.07. The highest BCUT2D eigenvalue weighted by Gasteiger charge is 2.23. The minimum Gasteiger partial charge on any atom is -0.460 e. The topological polar surface area (TPSA) is 110 Å². The van der Waals surface area contributed by atoms with E-state index in [1.165, 1.54) is 13.2 Å². The van der Waals surface area contributed by atoms with Crippen LogP contribution < -0.4 is 10.6 Å². The van der Waals surface area contributed by atoms with Gasteiger partial charge in [-0.15, -0.1) is 0 Å². The van der Waals surface area contributed by atoms with E-state index in [1.54, 1.807) is 26.0 Å². The van der Waals surface area contributed by atoms with Crippen LogP contribution in [0.25, 0.3) is 0 Å². The van der Waals surface area contributed by atoms with Gasteiger partial charge in [0.15, 0.2) is 0 Å². The van der Waals surface area contributed by atoms with E-state index in [2.05, 4.69) is 15.6 Å². The number of aromatic nitrogens is 1. The summed E-state index contributed by atoms with van der Waals surface area (Å²) in [5.74, 6) is -1.24. The second kappa shape index (κ2) is 10.8.